The molecule has 27 heavy (non-hydrogen) atoms. The van der Waals surface area contributed by atoms with E-state index < -0.39 is 0 Å². The number of hydrogen-bond donors (Lipinski definition) is 1. The van der Waals surface area contributed by atoms with Crippen LogP contribution in [0.1, 0.15) is 21.5 Å². The number of halogens is 2. The standard InChI is InChI=1S/C20H18FN3O2.ClH/c21-10-15(12-23)13-26-18-5-6-19-16(9-18)7-8-24(20(19)25)17-3-1-14(11-22)2-4-17;/h1-6,9-10H,7-8,12-13,23H2;1H/b15-10-;. The third-order valence-corrected chi connectivity index (χ3v) is 4.31. The lowest BCUT2D eigenvalue weighted by Crippen LogP contribution is -2.37. The van der Waals surface area contributed by atoms with E-state index in [2.05, 4.69) is 6.07 Å². The van der Waals surface area contributed by atoms with Gasteiger partial charge in [0.15, 0.2) is 0 Å². The lowest BCUT2D eigenvalue weighted by atomic mass is 9.98. The first-order chi connectivity index (χ1) is 12.7. The first-order valence-electron chi connectivity index (χ1n) is 8.22. The number of anilines is 1. The highest BCUT2D eigenvalue weighted by molar-refractivity contribution is 6.08. The van der Waals surface area contributed by atoms with Crippen LogP contribution in [0.5, 0.6) is 5.75 Å². The lowest BCUT2D eigenvalue weighted by molar-refractivity contribution is 0.0980. The summed E-state index contributed by atoms with van der Waals surface area (Å²) in [4.78, 5) is 14.5. The summed E-state index contributed by atoms with van der Waals surface area (Å²) in [5.74, 6) is 0.491. The van der Waals surface area contributed by atoms with Crippen molar-refractivity contribution >= 4 is 24.0 Å². The molecule has 0 fully saturated rings. The lowest BCUT2D eigenvalue weighted by Gasteiger charge is -2.29. The van der Waals surface area contributed by atoms with E-state index in [1.54, 1.807) is 41.3 Å². The molecule has 140 valence electrons. The number of carbonyl (C=O) groups excluding carboxylic acids is 1. The molecule has 0 spiro atoms. The van der Waals surface area contributed by atoms with Crippen LogP contribution in [-0.4, -0.2) is 25.6 Å². The number of nitrogens with two attached hydrogens (primary N) is 1. The first kappa shape index (κ1) is 20.4. The summed E-state index contributed by atoms with van der Waals surface area (Å²) in [7, 11) is 0. The predicted octanol–water partition coefficient (Wildman–Crippen LogP) is 3.37. The highest BCUT2D eigenvalue weighted by Crippen LogP contribution is 2.27. The van der Waals surface area contributed by atoms with Crippen molar-refractivity contribution in [3.8, 4) is 11.8 Å². The van der Waals surface area contributed by atoms with Crippen LogP contribution < -0.4 is 15.4 Å². The number of hydrogen-bond acceptors (Lipinski definition) is 4. The molecule has 0 unspecified atom stereocenters. The van der Waals surface area contributed by atoms with Crippen molar-refractivity contribution in [2.75, 3.05) is 24.6 Å². The Morgan fingerprint density at radius 1 is 1.30 bits per heavy atom. The molecule has 1 aliphatic heterocycles. The zero-order chi connectivity index (χ0) is 18.5. The molecule has 2 N–H and O–H groups in total. The smallest absolute Gasteiger partial charge is 0.258 e. The van der Waals surface area contributed by atoms with E-state index in [4.69, 9.17) is 15.7 Å². The minimum Gasteiger partial charge on any atom is -0.489 e. The summed E-state index contributed by atoms with van der Waals surface area (Å²) < 4.78 is 18.1. The predicted molar refractivity (Wildman–Crippen MR) is 104 cm³/mol. The molecular formula is C20H19ClFN3O2. The summed E-state index contributed by atoms with van der Waals surface area (Å²) in [6.45, 7) is 0.718. The van der Waals surface area contributed by atoms with Gasteiger partial charge in [-0.2, -0.15) is 5.26 Å². The monoisotopic (exact) mass is 387 g/mol. The van der Waals surface area contributed by atoms with Crippen molar-refractivity contribution < 1.29 is 13.9 Å². The van der Waals surface area contributed by atoms with Gasteiger partial charge in [0, 0.05) is 29.9 Å². The maximum Gasteiger partial charge on any atom is 0.258 e. The summed E-state index contributed by atoms with van der Waals surface area (Å²) in [5, 5.41) is 8.88. The zero-order valence-corrected chi connectivity index (χ0v) is 15.3. The molecule has 0 saturated carbocycles. The summed E-state index contributed by atoms with van der Waals surface area (Å²) in [6.07, 6.45) is 1.14. The highest BCUT2D eigenvalue weighted by Gasteiger charge is 2.25. The molecule has 0 atom stereocenters. The molecule has 0 radical (unpaired) electrons. The molecular weight excluding hydrogens is 369 g/mol. The molecule has 0 aliphatic carbocycles. The fraction of sp³-hybridized carbons (Fsp3) is 0.200. The summed E-state index contributed by atoms with van der Waals surface area (Å²) in [5.41, 5.74) is 8.61. The Labute approximate surface area is 163 Å². The number of nitrogens with zero attached hydrogens (tertiary/aromatic N) is 2. The Morgan fingerprint density at radius 2 is 2.04 bits per heavy atom. The summed E-state index contributed by atoms with van der Waals surface area (Å²) in [6, 6.07) is 14.2. The SMILES string of the molecule is Cl.N#Cc1ccc(N2CCc3cc(OC/C(=C\F)CN)ccc3C2=O)cc1. The van der Waals surface area contributed by atoms with Gasteiger partial charge in [-0.3, -0.25) is 4.79 Å². The molecule has 7 heteroatoms. The van der Waals surface area contributed by atoms with Gasteiger partial charge in [-0.25, -0.2) is 4.39 Å². The molecule has 1 amide bonds. The van der Waals surface area contributed by atoms with E-state index >= 15 is 0 Å². The number of amides is 1. The van der Waals surface area contributed by atoms with E-state index in [1.165, 1.54) is 0 Å². The topological polar surface area (TPSA) is 79.3 Å². The van der Waals surface area contributed by atoms with Crippen molar-refractivity contribution in [1.82, 2.24) is 0 Å². The second-order valence-electron chi connectivity index (χ2n) is 5.94. The van der Waals surface area contributed by atoms with Crippen molar-refractivity contribution in [2.24, 2.45) is 5.73 Å². The van der Waals surface area contributed by atoms with E-state index in [0.717, 1.165) is 11.3 Å². The third kappa shape index (κ3) is 4.45. The second kappa shape index (κ2) is 9.17. The average Bonchev–Trinajstić information content (AvgIpc) is 2.69. The maximum atomic E-state index is 12.8. The van der Waals surface area contributed by atoms with E-state index in [9.17, 15) is 9.18 Å². The van der Waals surface area contributed by atoms with Crippen molar-refractivity contribution in [2.45, 2.75) is 6.42 Å². The second-order valence-corrected chi connectivity index (χ2v) is 5.94. The Kier molecular flexibility index (Phi) is 6.94. The van der Waals surface area contributed by atoms with Gasteiger partial charge in [0.05, 0.1) is 18.0 Å². The molecule has 0 saturated heterocycles. The van der Waals surface area contributed by atoms with Crippen LogP contribution in [0.25, 0.3) is 0 Å². The van der Waals surface area contributed by atoms with Gasteiger partial charge >= 0.3 is 0 Å². The quantitative estimate of drug-likeness (QED) is 0.853. The van der Waals surface area contributed by atoms with Gasteiger partial charge in [0.1, 0.15) is 12.4 Å². The van der Waals surface area contributed by atoms with Gasteiger partial charge in [-0.05, 0) is 54.4 Å². The minimum absolute atomic E-state index is 0. The van der Waals surface area contributed by atoms with Crippen LogP contribution in [0.4, 0.5) is 10.1 Å². The van der Waals surface area contributed by atoms with E-state index in [1.807, 2.05) is 6.07 Å². The molecule has 3 rings (SSSR count). The highest BCUT2D eigenvalue weighted by atomic mass is 35.5. The number of carbonyl (C=O) groups is 1. The largest absolute Gasteiger partial charge is 0.489 e. The van der Waals surface area contributed by atoms with E-state index in [-0.39, 0.29) is 31.5 Å². The van der Waals surface area contributed by atoms with Gasteiger partial charge < -0.3 is 15.4 Å². The van der Waals surface area contributed by atoms with Crippen LogP contribution in [0, 0.1) is 11.3 Å². The Balaban J connectivity index is 0.00000261. The number of benzene rings is 2. The number of ether oxygens (including phenoxy) is 1. The normalized spacial score (nSPS) is 13.4. The molecule has 0 bridgehead atoms. The molecule has 1 heterocycles. The van der Waals surface area contributed by atoms with Gasteiger partial charge in [-0.15, -0.1) is 12.4 Å². The molecule has 2 aromatic rings. The number of fused-ring (bicyclic) bond motifs is 1. The van der Waals surface area contributed by atoms with Crippen molar-refractivity contribution in [1.29, 1.82) is 5.26 Å². The molecule has 2 aromatic carbocycles. The molecule has 5 nitrogen and oxygen atoms in total. The fourth-order valence-electron chi connectivity index (χ4n) is 2.83. The van der Waals surface area contributed by atoms with Crippen molar-refractivity contribution in [3.63, 3.8) is 0 Å². The van der Waals surface area contributed by atoms with Crippen LogP contribution in [0.3, 0.4) is 0 Å². The molecule has 1 aliphatic rings. The number of nitriles is 1. The van der Waals surface area contributed by atoms with E-state index in [0.29, 0.717) is 41.7 Å². The van der Waals surface area contributed by atoms with Crippen LogP contribution in [0.2, 0.25) is 0 Å². The van der Waals surface area contributed by atoms with Gasteiger partial charge in [-0.1, -0.05) is 0 Å². The Hall–Kier alpha value is -2.88. The number of rotatable bonds is 5. The average molecular weight is 388 g/mol. The third-order valence-electron chi connectivity index (χ3n) is 4.31. The Bertz CT molecular complexity index is 891. The van der Waals surface area contributed by atoms with Gasteiger partial charge in [0.25, 0.3) is 5.91 Å². The van der Waals surface area contributed by atoms with Crippen LogP contribution >= 0.6 is 12.4 Å². The minimum atomic E-state index is -0.0891. The maximum absolute atomic E-state index is 12.8. The fourth-order valence-corrected chi connectivity index (χ4v) is 2.83. The zero-order valence-electron chi connectivity index (χ0n) is 14.5. The van der Waals surface area contributed by atoms with Crippen LogP contribution in [-0.2, 0) is 6.42 Å². The molecule has 0 aromatic heterocycles. The van der Waals surface area contributed by atoms with Gasteiger partial charge in [0.2, 0.25) is 0 Å². The first-order valence-corrected chi connectivity index (χ1v) is 8.22. The van der Waals surface area contributed by atoms with Crippen molar-refractivity contribution in [3.05, 3.63) is 71.1 Å². The van der Waals surface area contributed by atoms with Crippen LogP contribution in [0.15, 0.2) is 54.4 Å². The Morgan fingerprint density at radius 3 is 2.67 bits per heavy atom. The summed E-state index contributed by atoms with van der Waals surface area (Å²) >= 11 is 0.